The zero-order chi connectivity index (χ0) is 17.4. The van der Waals surface area contributed by atoms with E-state index in [-0.39, 0.29) is 28.1 Å². The maximum absolute atomic E-state index is 12.5. The fourth-order valence-electron chi connectivity index (χ4n) is 2.02. The average Bonchev–Trinajstić information content (AvgIpc) is 2.48. The smallest absolute Gasteiger partial charge is 0.294 e. The zero-order valence-electron chi connectivity index (χ0n) is 11.9. The molecule has 0 unspecified atom stereocenters. The molecule has 0 aliphatic rings. The lowest BCUT2D eigenvalue weighted by molar-refractivity contribution is -0.384. The quantitative estimate of drug-likeness (QED) is 0.286. The van der Waals surface area contributed by atoms with Gasteiger partial charge in [0, 0.05) is 28.9 Å². The molecule has 0 radical (unpaired) electrons. The Labute approximate surface area is 131 Å². The van der Waals surface area contributed by atoms with Crippen LogP contribution in [0.4, 0.5) is 11.4 Å². The van der Waals surface area contributed by atoms with Crippen LogP contribution < -0.4 is 5.73 Å². The van der Waals surface area contributed by atoms with E-state index in [0.29, 0.717) is 0 Å². The Balaban J connectivity index is 2.62. The fourth-order valence-corrected chi connectivity index (χ4v) is 2.61. The summed E-state index contributed by atoms with van der Waals surface area (Å²) in [4.78, 5) is 22.1. The summed E-state index contributed by atoms with van der Waals surface area (Å²) in [7, 11) is -4.52. The monoisotopic (exact) mass is 336 g/mol. The van der Waals surface area contributed by atoms with Gasteiger partial charge in [0.05, 0.1) is 9.82 Å². The lowest BCUT2D eigenvalue weighted by atomic mass is 9.99. The van der Waals surface area contributed by atoms with Crippen molar-refractivity contribution in [3.8, 4) is 0 Å². The predicted molar refractivity (Wildman–Crippen MR) is 81.9 cm³/mol. The third-order valence-electron chi connectivity index (χ3n) is 3.22. The third-order valence-corrected chi connectivity index (χ3v) is 4.05. The van der Waals surface area contributed by atoms with Crippen molar-refractivity contribution in [2.24, 2.45) is 0 Å². The minimum absolute atomic E-state index is 0.0159. The highest BCUT2D eigenvalue weighted by Crippen LogP contribution is 2.26. The van der Waals surface area contributed by atoms with Crippen LogP contribution >= 0.6 is 0 Å². The molecule has 0 atom stereocenters. The Morgan fingerprint density at radius 3 is 2.48 bits per heavy atom. The Kier molecular flexibility index (Phi) is 4.17. The van der Waals surface area contributed by atoms with Gasteiger partial charge < -0.3 is 5.73 Å². The van der Waals surface area contributed by atoms with E-state index in [1.165, 1.54) is 25.1 Å². The molecule has 0 spiro atoms. The molecule has 0 aromatic heterocycles. The van der Waals surface area contributed by atoms with Gasteiger partial charge in [0.1, 0.15) is 0 Å². The van der Waals surface area contributed by atoms with Crippen molar-refractivity contribution in [3.05, 3.63) is 63.2 Å². The molecule has 120 valence electrons. The van der Waals surface area contributed by atoms with Crippen LogP contribution in [-0.2, 0) is 10.1 Å². The second-order valence-corrected chi connectivity index (χ2v) is 6.23. The van der Waals surface area contributed by atoms with Gasteiger partial charge in [-0.25, -0.2) is 0 Å². The molecule has 9 heteroatoms. The molecule has 0 aliphatic carbocycles. The summed E-state index contributed by atoms with van der Waals surface area (Å²) in [6.07, 6.45) is 0. The van der Waals surface area contributed by atoms with Crippen LogP contribution in [-0.4, -0.2) is 23.7 Å². The first-order valence-corrected chi connectivity index (χ1v) is 7.72. The summed E-state index contributed by atoms with van der Waals surface area (Å²) < 4.78 is 31.7. The number of carbonyl (C=O) groups excluding carboxylic acids is 1. The van der Waals surface area contributed by atoms with Gasteiger partial charge in [-0.1, -0.05) is 12.1 Å². The summed E-state index contributed by atoms with van der Waals surface area (Å²) in [6, 6.07) is 7.05. The number of nitrogen functional groups attached to an aromatic ring is 1. The highest BCUT2D eigenvalue weighted by atomic mass is 32.2. The van der Waals surface area contributed by atoms with Gasteiger partial charge in [0.15, 0.2) is 5.78 Å². The van der Waals surface area contributed by atoms with Crippen molar-refractivity contribution in [2.45, 2.75) is 11.8 Å². The standard InChI is InChI=1S/C14H12N2O6S/c1-8-5-11(23(20,21)22)7-12(13(8)15)14(17)9-3-2-4-10(6-9)16(18)19/h2-7H,15H2,1H3,(H,20,21,22). The summed E-state index contributed by atoms with van der Waals surface area (Å²) in [5, 5.41) is 10.8. The van der Waals surface area contributed by atoms with Crippen molar-refractivity contribution in [1.82, 2.24) is 0 Å². The van der Waals surface area contributed by atoms with Crippen molar-refractivity contribution < 1.29 is 22.7 Å². The molecule has 3 N–H and O–H groups in total. The summed E-state index contributed by atoms with van der Waals surface area (Å²) in [5.74, 6) is -0.681. The number of rotatable bonds is 4. The highest BCUT2D eigenvalue weighted by molar-refractivity contribution is 7.85. The zero-order valence-corrected chi connectivity index (χ0v) is 12.7. The predicted octanol–water partition coefficient (Wildman–Crippen LogP) is 1.96. The number of anilines is 1. The van der Waals surface area contributed by atoms with E-state index < -0.39 is 25.7 Å². The number of non-ortho nitro benzene ring substituents is 1. The summed E-state index contributed by atoms with van der Waals surface area (Å²) in [5.41, 5.74) is 5.67. The largest absolute Gasteiger partial charge is 0.398 e. The maximum Gasteiger partial charge on any atom is 0.294 e. The SMILES string of the molecule is Cc1cc(S(=O)(=O)O)cc(C(=O)c2cccc([N+](=O)[O-])c2)c1N. The molecule has 8 nitrogen and oxygen atoms in total. The second kappa shape index (κ2) is 5.78. The first-order valence-electron chi connectivity index (χ1n) is 6.28. The molecule has 0 fully saturated rings. The molecule has 23 heavy (non-hydrogen) atoms. The molecule has 2 rings (SSSR count). The van der Waals surface area contributed by atoms with Crippen LogP contribution in [0.2, 0.25) is 0 Å². The van der Waals surface area contributed by atoms with Crippen molar-refractivity contribution in [1.29, 1.82) is 0 Å². The molecule has 0 amide bonds. The Bertz CT molecular complexity index is 921. The third kappa shape index (κ3) is 3.35. The van der Waals surface area contributed by atoms with Crippen LogP contribution in [0, 0.1) is 17.0 Å². The fraction of sp³-hybridized carbons (Fsp3) is 0.0714. The Morgan fingerprint density at radius 1 is 1.26 bits per heavy atom. The molecule has 0 heterocycles. The van der Waals surface area contributed by atoms with Crippen LogP contribution in [0.3, 0.4) is 0 Å². The van der Waals surface area contributed by atoms with E-state index in [2.05, 4.69) is 0 Å². The van der Waals surface area contributed by atoms with Crippen molar-refractivity contribution in [3.63, 3.8) is 0 Å². The van der Waals surface area contributed by atoms with Gasteiger partial charge in [0.2, 0.25) is 0 Å². The van der Waals surface area contributed by atoms with E-state index in [9.17, 15) is 23.3 Å². The molecular weight excluding hydrogens is 324 g/mol. The maximum atomic E-state index is 12.5. The van der Waals surface area contributed by atoms with E-state index >= 15 is 0 Å². The number of nitro benzene ring substituents is 1. The Hall–Kier alpha value is -2.78. The Morgan fingerprint density at radius 2 is 1.91 bits per heavy atom. The molecular formula is C14H12N2O6S. The van der Waals surface area contributed by atoms with Crippen LogP contribution in [0.25, 0.3) is 0 Å². The number of hydrogen-bond donors (Lipinski definition) is 2. The number of benzene rings is 2. The number of carbonyl (C=O) groups is 1. The minimum Gasteiger partial charge on any atom is -0.398 e. The number of nitro groups is 1. The van der Waals surface area contributed by atoms with Gasteiger partial charge in [-0.05, 0) is 24.6 Å². The number of aryl methyl sites for hydroxylation is 1. The molecule has 2 aromatic carbocycles. The normalized spacial score (nSPS) is 11.2. The van der Waals surface area contributed by atoms with E-state index in [4.69, 9.17) is 10.3 Å². The molecule has 0 bridgehead atoms. The number of ketones is 1. The van der Waals surface area contributed by atoms with Crippen molar-refractivity contribution in [2.75, 3.05) is 5.73 Å². The minimum atomic E-state index is -4.52. The van der Waals surface area contributed by atoms with Gasteiger partial charge in [0.25, 0.3) is 15.8 Å². The van der Waals surface area contributed by atoms with E-state index in [1.54, 1.807) is 0 Å². The van der Waals surface area contributed by atoms with Crippen LogP contribution in [0.5, 0.6) is 0 Å². The van der Waals surface area contributed by atoms with E-state index in [0.717, 1.165) is 18.2 Å². The topological polar surface area (TPSA) is 141 Å². The van der Waals surface area contributed by atoms with Gasteiger partial charge in [-0.2, -0.15) is 8.42 Å². The van der Waals surface area contributed by atoms with Crippen LogP contribution in [0.15, 0.2) is 41.3 Å². The van der Waals surface area contributed by atoms with Crippen molar-refractivity contribution >= 4 is 27.3 Å². The number of nitrogens with zero attached hydrogens (tertiary/aromatic N) is 1. The molecule has 0 saturated heterocycles. The highest BCUT2D eigenvalue weighted by Gasteiger charge is 2.20. The van der Waals surface area contributed by atoms with Gasteiger partial charge >= 0.3 is 0 Å². The summed E-state index contributed by atoms with van der Waals surface area (Å²) >= 11 is 0. The van der Waals surface area contributed by atoms with Gasteiger partial charge in [-0.3, -0.25) is 19.5 Å². The number of hydrogen-bond acceptors (Lipinski definition) is 6. The number of nitrogens with two attached hydrogens (primary N) is 1. The van der Waals surface area contributed by atoms with Gasteiger partial charge in [-0.15, -0.1) is 0 Å². The molecule has 0 saturated carbocycles. The van der Waals surface area contributed by atoms with E-state index in [1.807, 2.05) is 0 Å². The van der Waals surface area contributed by atoms with Crippen LogP contribution in [0.1, 0.15) is 21.5 Å². The lowest BCUT2D eigenvalue weighted by Crippen LogP contribution is -2.10. The molecule has 0 aliphatic heterocycles. The lowest BCUT2D eigenvalue weighted by Gasteiger charge is -2.10. The second-order valence-electron chi connectivity index (χ2n) is 4.81. The first-order chi connectivity index (χ1) is 10.6. The summed E-state index contributed by atoms with van der Waals surface area (Å²) in [6.45, 7) is 1.48. The average molecular weight is 336 g/mol. The first kappa shape index (κ1) is 16.6. The molecule has 2 aromatic rings.